The van der Waals surface area contributed by atoms with Crippen molar-refractivity contribution in [3.05, 3.63) is 59.9 Å². The first-order chi connectivity index (χ1) is 11.2. The van der Waals surface area contributed by atoms with E-state index in [0.29, 0.717) is 5.75 Å². The van der Waals surface area contributed by atoms with Crippen LogP contribution in [-0.2, 0) is 11.2 Å². The fraction of sp³-hybridized carbons (Fsp3) is 0.222. The number of benzene rings is 1. The number of pyridine rings is 1. The van der Waals surface area contributed by atoms with Crippen LogP contribution in [-0.4, -0.2) is 21.0 Å². The Morgan fingerprint density at radius 2 is 2.13 bits per heavy atom. The molecule has 0 atom stereocenters. The summed E-state index contributed by atoms with van der Waals surface area (Å²) in [6, 6.07) is 12.0. The van der Waals surface area contributed by atoms with Crippen molar-refractivity contribution >= 4 is 28.9 Å². The van der Waals surface area contributed by atoms with Crippen LogP contribution in [0.25, 0.3) is 5.52 Å². The maximum atomic E-state index is 12.3. The molecule has 0 saturated heterocycles. The number of fused-ring (bicyclic) bond motifs is 1. The molecule has 0 saturated carbocycles. The molecule has 1 amide bonds. The summed E-state index contributed by atoms with van der Waals surface area (Å²) < 4.78 is 1.99. The number of anilines is 1. The number of rotatable bonds is 5. The fourth-order valence-electron chi connectivity index (χ4n) is 2.53. The Bertz CT molecular complexity index is 841. The van der Waals surface area contributed by atoms with Gasteiger partial charge in [0, 0.05) is 11.9 Å². The predicted molar refractivity (Wildman–Crippen MR) is 95.1 cm³/mol. The van der Waals surface area contributed by atoms with Gasteiger partial charge in [-0.15, -0.1) is 0 Å². The molecule has 0 aliphatic heterocycles. The van der Waals surface area contributed by atoms with Gasteiger partial charge in [0.15, 0.2) is 5.16 Å². The zero-order chi connectivity index (χ0) is 16.2. The van der Waals surface area contributed by atoms with Crippen molar-refractivity contribution in [3.63, 3.8) is 0 Å². The smallest absolute Gasteiger partial charge is 0.234 e. The lowest BCUT2D eigenvalue weighted by Crippen LogP contribution is -2.16. The van der Waals surface area contributed by atoms with Crippen LogP contribution < -0.4 is 5.32 Å². The van der Waals surface area contributed by atoms with Crippen LogP contribution in [0, 0.1) is 6.92 Å². The molecule has 23 heavy (non-hydrogen) atoms. The first-order valence-corrected chi connectivity index (χ1v) is 8.61. The van der Waals surface area contributed by atoms with Gasteiger partial charge in [-0.1, -0.05) is 43.0 Å². The van der Waals surface area contributed by atoms with Crippen LogP contribution in [0.2, 0.25) is 0 Å². The molecule has 0 bridgehead atoms. The Kier molecular flexibility index (Phi) is 4.67. The molecule has 118 valence electrons. The second-order valence-electron chi connectivity index (χ2n) is 5.34. The molecule has 0 spiro atoms. The first-order valence-electron chi connectivity index (χ1n) is 7.62. The minimum absolute atomic E-state index is 0.00770. The lowest BCUT2D eigenvalue weighted by Gasteiger charge is -2.12. The highest BCUT2D eigenvalue weighted by Crippen LogP contribution is 2.23. The third-order valence-electron chi connectivity index (χ3n) is 3.74. The Hall–Kier alpha value is -2.27. The van der Waals surface area contributed by atoms with E-state index in [1.165, 1.54) is 11.8 Å². The molecule has 0 aliphatic rings. The predicted octanol–water partition coefficient (Wildman–Crippen LogP) is 3.94. The highest BCUT2D eigenvalue weighted by atomic mass is 32.2. The number of hydrogen-bond donors (Lipinski definition) is 1. The molecule has 2 heterocycles. The van der Waals surface area contributed by atoms with Gasteiger partial charge in [0.1, 0.15) is 0 Å². The monoisotopic (exact) mass is 325 g/mol. The Balaban J connectivity index is 1.69. The summed E-state index contributed by atoms with van der Waals surface area (Å²) in [7, 11) is 0. The number of aromatic nitrogens is 2. The second kappa shape index (κ2) is 6.87. The van der Waals surface area contributed by atoms with Gasteiger partial charge in [0.25, 0.3) is 0 Å². The molecule has 3 aromatic rings. The largest absolute Gasteiger partial charge is 0.325 e. The number of nitrogens with one attached hydrogen (secondary N) is 1. The number of nitrogens with zero attached hydrogens (tertiary/aromatic N) is 2. The van der Waals surface area contributed by atoms with Crippen LogP contribution in [0.15, 0.2) is 53.9 Å². The number of thioether (sulfide) groups is 1. The number of amides is 1. The van der Waals surface area contributed by atoms with Gasteiger partial charge in [0.2, 0.25) is 5.91 Å². The summed E-state index contributed by atoms with van der Waals surface area (Å²) in [5.74, 6) is 0.331. The van der Waals surface area contributed by atoms with Crippen molar-refractivity contribution in [2.45, 2.75) is 25.4 Å². The van der Waals surface area contributed by atoms with Crippen molar-refractivity contribution in [2.24, 2.45) is 0 Å². The topological polar surface area (TPSA) is 46.4 Å². The molecule has 1 aromatic carbocycles. The van der Waals surface area contributed by atoms with Gasteiger partial charge >= 0.3 is 0 Å². The molecule has 5 heteroatoms. The van der Waals surface area contributed by atoms with Gasteiger partial charge in [0.05, 0.1) is 17.5 Å². The van der Waals surface area contributed by atoms with E-state index in [-0.39, 0.29) is 5.91 Å². The van der Waals surface area contributed by atoms with Crippen molar-refractivity contribution in [3.8, 4) is 0 Å². The standard InChI is InChI=1S/C18H19N3OS/c1-3-14-8-6-7-13(2)17(14)20-16(22)12-23-18-19-11-15-9-4-5-10-21(15)18/h4-11H,3,12H2,1-2H3,(H,20,22). The van der Waals surface area contributed by atoms with Crippen LogP contribution in [0.3, 0.4) is 0 Å². The number of carbonyl (C=O) groups is 1. The second-order valence-corrected chi connectivity index (χ2v) is 6.28. The molecule has 4 nitrogen and oxygen atoms in total. The summed E-state index contributed by atoms with van der Waals surface area (Å²) in [6.45, 7) is 4.11. The quantitative estimate of drug-likeness (QED) is 0.723. The van der Waals surface area contributed by atoms with E-state index in [1.807, 2.05) is 54.0 Å². The normalized spacial score (nSPS) is 10.9. The third kappa shape index (κ3) is 3.40. The van der Waals surface area contributed by atoms with E-state index in [2.05, 4.69) is 23.3 Å². The van der Waals surface area contributed by atoms with E-state index in [4.69, 9.17) is 0 Å². The summed E-state index contributed by atoms with van der Waals surface area (Å²) in [5, 5.41) is 3.87. The Morgan fingerprint density at radius 3 is 2.96 bits per heavy atom. The maximum Gasteiger partial charge on any atom is 0.234 e. The molecule has 0 aliphatic carbocycles. The molecule has 0 unspecified atom stereocenters. The summed E-state index contributed by atoms with van der Waals surface area (Å²) in [4.78, 5) is 16.7. The van der Waals surface area contributed by atoms with Crippen molar-refractivity contribution < 1.29 is 4.79 Å². The SMILES string of the molecule is CCc1cccc(C)c1NC(=O)CSc1ncc2ccccn12. The fourth-order valence-corrected chi connectivity index (χ4v) is 3.30. The van der Waals surface area contributed by atoms with E-state index in [9.17, 15) is 4.79 Å². The average molecular weight is 325 g/mol. The van der Waals surface area contributed by atoms with Crippen molar-refractivity contribution in [1.82, 2.24) is 9.38 Å². The molecule has 2 aromatic heterocycles. The third-order valence-corrected chi connectivity index (χ3v) is 4.71. The van der Waals surface area contributed by atoms with E-state index in [0.717, 1.165) is 33.9 Å². The van der Waals surface area contributed by atoms with Gasteiger partial charge in [-0.25, -0.2) is 4.98 Å². The van der Waals surface area contributed by atoms with Gasteiger partial charge in [-0.2, -0.15) is 0 Å². The number of para-hydroxylation sites is 1. The average Bonchev–Trinajstić information content (AvgIpc) is 2.98. The van der Waals surface area contributed by atoms with Gasteiger partial charge in [-0.3, -0.25) is 9.20 Å². The van der Waals surface area contributed by atoms with Crippen molar-refractivity contribution in [2.75, 3.05) is 11.1 Å². The van der Waals surface area contributed by atoms with E-state index in [1.54, 1.807) is 0 Å². The number of carbonyl (C=O) groups excluding carboxylic acids is 1. The zero-order valence-electron chi connectivity index (χ0n) is 13.2. The molecule has 0 fully saturated rings. The van der Waals surface area contributed by atoms with Crippen LogP contribution in [0.1, 0.15) is 18.1 Å². The van der Waals surface area contributed by atoms with Gasteiger partial charge in [-0.05, 0) is 36.6 Å². The first kappa shape index (κ1) is 15.6. The maximum absolute atomic E-state index is 12.3. The van der Waals surface area contributed by atoms with E-state index < -0.39 is 0 Å². The molecule has 1 N–H and O–H groups in total. The molecule has 0 radical (unpaired) electrons. The zero-order valence-corrected chi connectivity index (χ0v) is 14.1. The van der Waals surface area contributed by atoms with Crippen LogP contribution in [0.4, 0.5) is 5.69 Å². The Labute approximate surface area is 139 Å². The minimum atomic E-state index is -0.00770. The van der Waals surface area contributed by atoms with E-state index >= 15 is 0 Å². The number of imidazole rings is 1. The summed E-state index contributed by atoms with van der Waals surface area (Å²) >= 11 is 1.44. The number of aryl methyl sites for hydroxylation is 2. The summed E-state index contributed by atoms with van der Waals surface area (Å²) in [5.41, 5.74) is 4.22. The highest BCUT2D eigenvalue weighted by molar-refractivity contribution is 7.99. The molecule has 3 rings (SSSR count). The molecular weight excluding hydrogens is 306 g/mol. The molecular formula is C18H19N3OS. The van der Waals surface area contributed by atoms with Crippen LogP contribution >= 0.6 is 11.8 Å². The highest BCUT2D eigenvalue weighted by Gasteiger charge is 2.11. The number of hydrogen-bond acceptors (Lipinski definition) is 3. The van der Waals surface area contributed by atoms with Crippen molar-refractivity contribution in [1.29, 1.82) is 0 Å². The Morgan fingerprint density at radius 1 is 1.26 bits per heavy atom. The summed E-state index contributed by atoms with van der Waals surface area (Å²) in [6.07, 6.45) is 4.67. The lowest BCUT2D eigenvalue weighted by molar-refractivity contribution is -0.113. The lowest BCUT2D eigenvalue weighted by atomic mass is 10.1. The minimum Gasteiger partial charge on any atom is -0.325 e. The van der Waals surface area contributed by atoms with Crippen LogP contribution in [0.5, 0.6) is 0 Å². The van der Waals surface area contributed by atoms with Gasteiger partial charge < -0.3 is 5.32 Å².